The lowest BCUT2D eigenvalue weighted by atomic mass is 10.0. The van der Waals surface area contributed by atoms with Crippen molar-refractivity contribution in [1.82, 2.24) is 10.2 Å². The third-order valence-corrected chi connectivity index (χ3v) is 6.28. The highest BCUT2D eigenvalue weighted by atomic mass is 79.9. The quantitative estimate of drug-likeness (QED) is 0.362. The second-order valence-corrected chi connectivity index (χ2v) is 9.24. The van der Waals surface area contributed by atoms with Crippen molar-refractivity contribution in [3.63, 3.8) is 0 Å². The third-order valence-electron chi connectivity index (χ3n) is 5.39. The molecule has 3 aromatic carbocycles. The number of rotatable bonds is 10. The van der Waals surface area contributed by atoms with Crippen LogP contribution in [0.25, 0.3) is 0 Å². The molecule has 3 aromatic rings. The van der Waals surface area contributed by atoms with Gasteiger partial charge in [-0.15, -0.1) is 0 Å². The van der Waals surface area contributed by atoms with Gasteiger partial charge < -0.3 is 10.2 Å². The largest absolute Gasteiger partial charge is 0.354 e. The number of nitrogens with one attached hydrogen (secondary N) is 1. The maximum absolute atomic E-state index is 13.6. The van der Waals surface area contributed by atoms with Gasteiger partial charge in [-0.3, -0.25) is 9.59 Å². The van der Waals surface area contributed by atoms with Crippen LogP contribution in [-0.4, -0.2) is 29.3 Å². The summed E-state index contributed by atoms with van der Waals surface area (Å²) in [4.78, 5) is 28.6. The molecule has 0 aliphatic rings. The van der Waals surface area contributed by atoms with E-state index in [4.69, 9.17) is 11.6 Å². The molecule has 0 bridgehead atoms. The standard InChI is InChI=1S/C27H28BrClN2O2/c1-2-16-30-27(33)25(17-20-8-4-3-5-9-20)31(19-21-12-14-23(28)15-13-21)26(32)18-22-10-6-7-11-24(22)29/h3-15,25H,2,16-19H2,1H3,(H,30,33). The second-order valence-electron chi connectivity index (χ2n) is 7.91. The van der Waals surface area contributed by atoms with Crippen LogP contribution in [0.5, 0.6) is 0 Å². The topological polar surface area (TPSA) is 49.4 Å². The van der Waals surface area contributed by atoms with Crippen molar-refractivity contribution in [3.05, 3.63) is 105 Å². The van der Waals surface area contributed by atoms with Crippen molar-refractivity contribution < 1.29 is 9.59 Å². The van der Waals surface area contributed by atoms with Gasteiger partial charge in [-0.1, -0.05) is 95.1 Å². The molecule has 4 nitrogen and oxygen atoms in total. The highest BCUT2D eigenvalue weighted by molar-refractivity contribution is 9.10. The zero-order valence-electron chi connectivity index (χ0n) is 18.6. The summed E-state index contributed by atoms with van der Waals surface area (Å²) in [5.74, 6) is -0.288. The fourth-order valence-corrected chi connectivity index (χ4v) is 4.08. The minimum Gasteiger partial charge on any atom is -0.354 e. The van der Waals surface area contributed by atoms with Gasteiger partial charge >= 0.3 is 0 Å². The zero-order chi connectivity index (χ0) is 23.6. The molecule has 0 heterocycles. The Hall–Kier alpha value is -2.63. The first-order chi connectivity index (χ1) is 16.0. The number of benzene rings is 3. The Kier molecular flexibility index (Phi) is 9.52. The molecule has 1 N–H and O–H groups in total. The van der Waals surface area contributed by atoms with Crippen LogP contribution >= 0.6 is 27.5 Å². The summed E-state index contributed by atoms with van der Waals surface area (Å²) in [6, 6.07) is 24.3. The monoisotopic (exact) mass is 526 g/mol. The van der Waals surface area contributed by atoms with E-state index in [-0.39, 0.29) is 18.2 Å². The van der Waals surface area contributed by atoms with Gasteiger partial charge in [-0.05, 0) is 41.3 Å². The average molecular weight is 528 g/mol. The van der Waals surface area contributed by atoms with Crippen LogP contribution < -0.4 is 5.32 Å². The Morgan fingerprint density at radius 2 is 1.61 bits per heavy atom. The number of hydrogen-bond donors (Lipinski definition) is 1. The summed E-state index contributed by atoms with van der Waals surface area (Å²) >= 11 is 9.79. The molecule has 0 radical (unpaired) electrons. The Morgan fingerprint density at radius 3 is 2.27 bits per heavy atom. The van der Waals surface area contributed by atoms with Gasteiger partial charge in [-0.2, -0.15) is 0 Å². The van der Waals surface area contributed by atoms with E-state index in [1.54, 1.807) is 11.0 Å². The van der Waals surface area contributed by atoms with Crippen LogP contribution in [0.15, 0.2) is 83.3 Å². The number of amides is 2. The molecule has 1 unspecified atom stereocenters. The van der Waals surface area contributed by atoms with E-state index in [0.717, 1.165) is 27.6 Å². The summed E-state index contributed by atoms with van der Waals surface area (Å²) in [5.41, 5.74) is 2.70. The van der Waals surface area contributed by atoms with Crippen LogP contribution in [0.3, 0.4) is 0 Å². The maximum atomic E-state index is 13.6. The van der Waals surface area contributed by atoms with Crippen LogP contribution in [0.4, 0.5) is 0 Å². The van der Waals surface area contributed by atoms with Gasteiger partial charge in [-0.25, -0.2) is 0 Å². The number of carbonyl (C=O) groups excluding carboxylic acids is 2. The summed E-state index contributed by atoms with van der Waals surface area (Å²) in [5, 5.41) is 3.54. The van der Waals surface area contributed by atoms with Crippen LogP contribution in [0.1, 0.15) is 30.0 Å². The highest BCUT2D eigenvalue weighted by Gasteiger charge is 2.30. The SMILES string of the molecule is CCCNC(=O)C(Cc1ccccc1)N(Cc1ccc(Br)cc1)C(=O)Cc1ccccc1Cl. The average Bonchev–Trinajstić information content (AvgIpc) is 2.83. The third kappa shape index (κ3) is 7.44. The predicted molar refractivity (Wildman–Crippen MR) is 137 cm³/mol. The molecule has 3 rings (SSSR count). The lowest BCUT2D eigenvalue weighted by Crippen LogP contribution is -2.51. The Bertz CT molecular complexity index is 1060. The van der Waals surface area contributed by atoms with Gasteiger partial charge in [0.15, 0.2) is 0 Å². The Morgan fingerprint density at radius 1 is 0.939 bits per heavy atom. The van der Waals surface area contributed by atoms with Gasteiger partial charge in [0.1, 0.15) is 6.04 Å². The van der Waals surface area contributed by atoms with Crippen molar-refractivity contribution in [3.8, 4) is 0 Å². The molecule has 172 valence electrons. The molecule has 0 aromatic heterocycles. The van der Waals surface area contributed by atoms with E-state index < -0.39 is 6.04 Å². The number of carbonyl (C=O) groups is 2. The van der Waals surface area contributed by atoms with E-state index in [2.05, 4.69) is 21.2 Å². The molecule has 6 heteroatoms. The smallest absolute Gasteiger partial charge is 0.243 e. The van der Waals surface area contributed by atoms with Crippen LogP contribution in [-0.2, 0) is 29.0 Å². The second kappa shape index (κ2) is 12.6. The number of nitrogens with zero attached hydrogens (tertiary/aromatic N) is 1. The molecule has 0 spiro atoms. The van der Waals surface area contributed by atoms with E-state index in [0.29, 0.717) is 24.5 Å². The summed E-state index contributed by atoms with van der Waals surface area (Å²) in [7, 11) is 0. The van der Waals surface area contributed by atoms with Crippen molar-refractivity contribution in [2.75, 3.05) is 6.54 Å². The Balaban J connectivity index is 1.95. The fraction of sp³-hybridized carbons (Fsp3) is 0.259. The molecule has 0 fully saturated rings. The van der Waals surface area contributed by atoms with Crippen LogP contribution in [0, 0.1) is 0 Å². The van der Waals surface area contributed by atoms with Crippen molar-refractivity contribution in [1.29, 1.82) is 0 Å². The van der Waals surface area contributed by atoms with E-state index >= 15 is 0 Å². The number of hydrogen-bond acceptors (Lipinski definition) is 2. The highest BCUT2D eigenvalue weighted by Crippen LogP contribution is 2.21. The van der Waals surface area contributed by atoms with Gasteiger partial charge in [0, 0.05) is 29.0 Å². The fourth-order valence-electron chi connectivity index (χ4n) is 3.61. The molecular weight excluding hydrogens is 500 g/mol. The minimum absolute atomic E-state index is 0.128. The van der Waals surface area contributed by atoms with Crippen LogP contribution in [0.2, 0.25) is 5.02 Å². The first kappa shape index (κ1) is 25.0. The predicted octanol–water partition coefficient (Wildman–Crippen LogP) is 5.81. The molecule has 33 heavy (non-hydrogen) atoms. The summed E-state index contributed by atoms with van der Waals surface area (Å²) in [6.45, 7) is 2.90. The van der Waals surface area contributed by atoms with Crippen molar-refractivity contribution >= 4 is 39.3 Å². The molecule has 2 amide bonds. The molecular formula is C27H28BrClN2O2. The van der Waals surface area contributed by atoms with Crippen molar-refractivity contribution in [2.45, 2.75) is 38.8 Å². The molecule has 0 saturated heterocycles. The van der Waals surface area contributed by atoms with Crippen molar-refractivity contribution in [2.24, 2.45) is 0 Å². The maximum Gasteiger partial charge on any atom is 0.243 e. The van der Waals surface area contributed by atoms with Gasteiger partial charge in [0.05, 0.1) is 6.42 Å². The molecule has 1 atom stereocenters. The minimum atomic E-state index is -0.641. The molecule has 0 saturated carbocycles. The normalized spacial score (nSPS) is 11.6. The Labute approximate surface area is 209 Å². The van der Waals surface area contributed by atoms with Gasteiger partial charge in [0.25, 0.3) is 0 Å². The van der Waals surface area contributed by atoms with E-state index in [1.807, 2.05) is 79.7 Å². The number of halogens is 2. The van der Waals surface area contributed by atoms with E-state index in [1.165, 1.54) is 0 Å². The molecule has 0 aliphatic carbocycles. The first-order valence-electron chi connectivity index (χ1n) is 11.1. The lowest BCUT2D eigenvalue weighted by molar-refractivity contribution is -0.140. The molecule has 0 aliphatic heterocycles. The first-order valence-corrected chi connectivity index (χ1v) is 12.2. The lowest BCUT2D eigenvalue weighted by Gasteiger charge is -2.32. The summed E-state index contributed by atoms with van der Waals surface area (Å²) in [6.07, 6.45) is 1.38. The zero-order valence-corrected chi connectivity index (χ0v) is 21.0. The van der Waals surface area contributed by atoms with E-state index in [9.17, 15) is 9.59 Å². The van der Waals surface area contributed by atoms with Gasteiger partial charge in [0.2, 0.25) is 11.8 Å². The summed E-state index contributed by atoms with van der Waals surface area (Å²) < 4.78 is 0.960.